The molecule has 0 aliphatic rings. The van der Waals surface area contributed by atoms with Crippen molar-refractivity contribution in [2.45, 2.75) is 0 Å². The number of rotatable bonds is 0. The molecule has 12 valence electrons. The van der Waals surface area contributed by atoms with Gasteiger partial charge in [0.25, 0.3) is 0 Å². The summed E-state index contributed by atoms with van der Waals surface area (Å²) in [6.07, 6.45) is 0. The van der Waals surface area contributed by atoms with Crippen LogP contribution in [0.5, 0.6) is 0 Å². The van der Waals surface area contributed by atoms with Crippen LogP contribution in [0.15, 0.2) is 0 Å². The zero-order chi connectivity index (χ0) is 0. The van der Waals surface area contributed by atoms with Crippen LogP contribution in [0.25, 0.3) is 0 Å². The Morgan fingerprint density at radius 3 is 0.600 bits per heavy atom. The number of hydrogen-bond acceptors (Lipinski definition) is 0. The maximum Gasteiger partial charge on any atom is 2.00 e. The molecule has 0 saturated carbocycles. The van der Waals surface area contributed by atoms with Crippen molar-refractivity contribution in [3.05, 3.63) is 0 Å². The minimum Gasteiger partial charge on any atom is -1.00 e. The third kappa shape index (κ3) is 18.3. The van der Waals surface area contributed by atoms with E-state index in [-0.39, 0.29) is 237 Å². The Labute approximate surface area is 228 Å². The van der Waals surface area contributed by atoms with E-state index in [0.29, 0.717) is 0 Å². The molecule has 5 heavy (non-hydrogen) atoms. The third-order valence-corrected chi connectivity index (χ3v) is 0. The summed E-state index contributed by atoms with van der Waals surface area (Å²) in [5, 5.41) is 0. The van der Waals surface area contributed by atoms with Crippen LogP contribution >= 0.6 is 0 Å². The Hall–Kier alpha value is 7.31. The van der Waals surface area contributed by atoms with Crippen molar-refractivity contribution in [3.63, 3.8) is 0 Å². The zero-order valence-corrected chi connectivity index (χ0v) is 18.6. The molecule has 0 bridgehead atoms. The molecule has 0 spiro atoms. The van der Waals surface area contributed by atoms with Gasteiger partial charge in [-0.25, -0.2) is 0 Å². The fourth-order valence-corrected chi connectivity index (χ4v) is 0. The second-order valence-corrected chi connectivity index (χ2v) is 0. The van der Waals surface area contributed by atoms with Crippen LogP contribution in [0, 0.1) is 0 Å². The average molecular weight is 187 g/mol. The van der Waals surface area contributed by atoms with E-state index in [1.54, 1.807) is 0 Å². The SMILES string of the molecule is [H-].[H-].[H-].[H-].[H-].[H-].[K+].[K+].[K+].[K+].[Mg+2]. The van der Waals surface area contributed by atoms with Crippen LogP contribution in [0.2, 0.25) is 0 Å². The van der Waals surface area contributed by atoms with Gasteiger partial charge in [0, 0.05) is 0 Å². The van der Waals surface area contributed by atoms with Gasteiger partial charge in [0.2, 0.25) is 0 Å². The Morgan fingerprint density at radius 2 is 0.600 bits per heavy atom. The first-order valence-corrected chi connectivity index (χ1v) is 0. The minimum absolute atomic E-state index is 0. The predicted octanol–water partition coefficient (Wildman–Crippen LogP) is -11.7. The van der Waals surface area contributed by atoms with Crippen LogP contribution in [0.3, 0.4) is 0 Å². The summed E-state index contributed by atoms with van der Waals surface area (Å²) in [7, 11) is 0. The van der Waals surface area contributed by atoms with Gasteiger partial charge in [-0.2, -0.15) is 0 Å². The fraction of sp³-hybridized carbons (Fsp3) is 0. The summed E-state index contributed by atoms with van der Waals surface area (Å²) in [4.78, 5) is 0. The van der Waals surface area contributed by atoms with Crippen molar-refractivity contribution in [3.8, 4) is 0 Å². The molecule has 0 amide bonds. The van der Waals surface area contributed by atoms with Gasteiger partial charge in [-0.05, 0) is 0 Å². The molecule has 0 rings (SSSR count). The number of hydrogen-bond donors (Lipinski definition) is 0. The van der Waals surface area contributed by atoms with E-state index in [1.807, 2.05) is 0 Å². The van der Waals surface area contributed by atoms with Crippen molar-refractivity contribution in [1.82, 2.24) is 0 Å². The average Bonchev–Trinajstić information content (AvgIpc) is 0. The monoisotopic (exact) mass is 186 g/mol. The van der Waals surface area contributed by atoms with Gasteiger partial charge in [-0.15, -0.1) is 0 Å². The van der Waals surface area contributed by atoms with E-state index in [9.17, 15) is 0 Å². The normalized spacial score (nSPS) is 0. The van der Waals surface area contributed by atoms with Crippen molar-refractivity contribution in [1.29, 1.82) is 0 Å². The maximum absolute atomic E-state index is 0. The van der Waals surface area contributed by atoms with E-state index in [0.717, 1.165) is 0 Å². The molecular formula is H6K4Mg. The Kier molecular flexibility index (Phi) is 133. The molecule has 0 aromatic carbocycles. The molecule has 5 heteroatoms. The van der Waals surface area contributed by atoms with Crippen molar-refractivity contribution in [2.75, 3.05) is 0 Å². The fourth-order valence-electron chi connectivity index (χ4n) is 0. The zero-order valence-electron chi connectivity index (χ0n) is 10.7. The van der Waals surface area contributed by atoms with Gasteiger partial charge in [-0.1, -0.05) is 0 Å². The first-order chi connectivity index (χ1) is 0. The quantitative estimate of drug-likeness (QED) is 0.330. The molecule has 0 aliphatic carbocycles. The summed E-state index contributed by atoms with van der Waals surface area (Å²) in [5.74, 6) is 0. The summed E-state index contributed by atoms with van der Waals surface area (Å²) in [6.45, 7) is 0. The Bertz CT molecular complexity index is 14.5. The van der Waals surface area contributed by atoms with Gasteiger partial charge in [0.1, 0.15) is 0 Å². The topological polar surface area (TPSA) is 0 Å². The van der Waals surface area contributed by atoms with Crippen molar-refractivity contribution >= 4 is 23.1 Å². The largest absolute Gasteiger partial charge is 2.00 e. The van der Waals surface area contributed by atoms with E-state index in [4.69, 9.17) is 0 Å². The molecule has 0 aromatic rings. The first kappa shape index (κ1) is 29.5. The van der Waals surface area contributed by atoms with Gasteiger partial charge in [-0.3, -0.25) is 0 Å². The van der Waals surface area contributed by atoms with Crippen LogP contribution in [0.4, 0.5) is 0 Å². The molecule has 0 radical (unpaired) electrons. The molecule has 0 unspecified atom stereocenters. The van der Waals surface area contributed by atoms with Crippen LogP contribution in [0.1, 0.15) is 8.56 Å². The first-order valence-electron chi connectivity index (χ1n) is 0. The molecule has 0 saturated heterocycles. The van der Waals surface area contributed by atoms with Gasteiger partial charge < -0.3 is 8.56 Å². The van der Waals surface area contributed by atoms with Crippen LogP contribution < -0.4 is 206 Å². The van der Waals surface area contributed by atoms with Gasteiger partial charge in [0.05, 0.1) is 0 Å². The summed E-state index contributed by atoms with van der Waals surface area (Å²) in [6, 6.07) is 0. The predicted molar refractivity (Wildman–Crippen MR) is 12.4 cm³/mol. The van der Waals surface area contributed by atoms with Crippen molar-refractivity contribution in [2.24, 2.45) is 0 Å². The second-order valence-electron chi connectivity index (χ2n) is 0. The molecule has 0 heterocycles. The minimum atomic E-state index is 0. The Balaban J connectivity index is 0. The van der Waals surface area contributed by atoms with E-state index in [2.05, 4.69) is 0 Å². The summed E-state index contributed by atoms with van der Waals surface area (Å²) >= 11 is 0. The summed E-state index contributed by atoms with van der Waals surface area (Å²) < 4.78 is 0. The molecular weight excluding hydrogens is 181 g/mol. The second kappa shape index (κ2) is 22.5. The Morgan fingerprint density at radius 1 is 0.600 bits per heavy atom. The molecule has 0 atom stereocenters. The third-order valence-electron chi connectivity index (χ3n) is 0. The summed E-state index contributed by atoms with van der Waals surface area (Å²) in [5.41, 5.74) is 0. The molecule has 0 fully saturated rings. The van der Waals surface area contributed by atoms with Crippen molar-refractivity contribution < 1.29 is 214 Å². The van der Waals surface area contributed by atoms with Gasteiger partial charge in [0.15, 0.2) is 0 Å². The van der Waals surface area contributed by atoms with E-state index >= 15 is 0 Å². The molecule has 0 aromatic heterocycles. The maximum atomic E-state index is 0. The molecule has 0 aliphatic heterocycles. The smallest absolute Gasteiger partial charge is 1.00 e. The molecule has 0 N–H and O–H groups in total. The van der Waals surface area contributed by atoms with Crippen LogP contribution in [-0.4, -0.2) is 23.1 Å². The van der Waals surface area contributed by atoms with E-state index < -0.39 is 0 Å². The molecule has 0 nitrogen and oxygen atoms in total. The standard InChI is InChI=1S/4K.Mg.6H/q4*+1;+2;6*-1. The van der Waals surface area contributed by atoms with E-state index in [1.165, 1.54) is 0 Å². The van der Waals surface area contributed by atoms with Crippen LogP contribution in [-0.2, 0) is 0 Å². The van der Waals surface area contributed by atoms with Gasteiger partial charge >= 0.3 is 229 Å².